The Balaban J connectivity index is 1.56. The molecule has 1 heterocycles. The highest BCUT2D eigenvalue weighted by Gasteiger charge is 2.53. The van der Waals surface area contributed by atoms with Crippen LogP contribution in [0.25, 0.3) is 0 Å². The van der Waals surface area contributed by atoms with Crippen molar-refractivity contribution in [3.05, 3.63) is 0 Å². The molecule has 16 heavy (non-hydrogen) atoms. The number of hydrogen-bond donors (Lipinski definition) is 1. The van der Waals surface area contributed by atoms with Crippen LogP contribution in [-0.4, -0.2) is 30.4 Å². The van der Waals surface area contributed by atoms with Gasteiger partial charge in [0.2, 0.25) is 5.91 Å². The predicted molar refractivity (Wildman–Crippen MR) is 62.7 cm³/mol. The van der Waals surface area contributed by atoms with Gasteiger partial charge in [0.15, 0.2) is 0 Å². The average molecular weight is 222 g/mol. The largest absolute Gasteiger partial charge is 0.342 e. The van der Waals surface area contributed by atoms with Crippen molar-refractivity contribution < 1.29 is 4.79 Å². The van der Waals surface area contributed by atoms with Gasteiger partial charge in [-0.15, -0.1) is 0 Å². The van der Waals surface area contributed by atoms with Crippen LogP contribution in [0.5, 0.6) is 0 Å². The van der Waals surface area contributed by atoms with E-state index in [2.05, 4.69) is 11.8 Å². The van der Waals surface area contributed by atoms with Gasteiger partial charge in [-0.05, 0) is 49.5 Å². The van der Waals surface area contributed by atoms with Gasteiger partial charge in [0, 0.05) is 19.0 Å². The first-order chi connectivity index (χ1) is 7.63. The first-order valence-electron chi connectivity index (χ1n) is 6.62. The number of rotatable bonds is 3. The number of nitrogens with zero attached hydrogens (tertiary/aromatic N) is 1. The summed E-state index contributed by atoms with van der Waals surface area (Å²) in [7, 11) is 0. The lowest BCUT2D eigenvalue weighted by molar-refractivity contribution is -0.132. The van der Waals surface area contributed by atoms with Gasteiger partial charge in [-0.25, -0.2) is 0 Å². The van der Waals surface area contributed by atoms with Crippen LogP contribution in [0.4, 0.5) is 0 Å². The first kappa shape index (κ1) is 10.6. The molecule has 3 atom stereocenters. The maximum absolute atomic E-state index is 12.2. The van der Waals surface area contributed by atoms with E-state index in [1.165, 1.54) is 19.3 Å². The second-order valence-electron chi connectivity index (χ2n) is 6.37. The minimum absolute atomic E-state index is 0.180. The Kier molecular flexibility index (Phi) is 2.29. The van der Waals surface area contributed by atoms with Crippen molar-refractivity contribution in [2.75, 3.05) is 19.6 Å². The third-order valence-electron chi connectivity index (χ3n) is 4.75. The molecule has 3 rings (SSSR count). The van der Waals surface area contributed by atoms with Crippen LogP contribution in [-0.2, 0) is 4.79 Å². The standard InChI is InChI=1S/C13H22N2O/c1-13(7-14)4-5-15(8-13)12(16)11-6-10(11)9-2-3-9/h9-11H,2-8,14H2,1H3. The molecule has 3 fully saturated rings. The van der Waals surface area contributed by atoms with Gasteiger partial charge in [0.25, 0.3) is 0 Å². The minimum atomic E-state index is 0.180. The lowest BCUT2D eigenvalue weighted by atomic mass is 9.90. The molecule has 3 nitrogen and oxygen atoms in total. The quantitative estimate of drug-likeness (QED) is 0.780. The fraction of sp³-hybridized carbons (Fsp3) is 0.923. The number of hydrogen-bond acceptors (Lipinski definition) is 2. The molecule has 0 spiro atoms. The van der Waals surface area contributed by atoms with Gasteiger partial charge in [-0.1, -0.05) is 6.92 Å². The van der Waals surface area contributed by atoms with Gasteiger partial charge in [0.05, 0.1) is 0 Å². The van der Waals surface area contributed by atoms with E-state index in [1.54, 1.807) is 0 Å². The number of amides is 1. The molecule has 3 heteroatoms. The van der Waals surface area contributed by atoms with E-state index in [0.717, 1.165) is 31.3 Å². The van der Waals surface area contributed by atoms with E-state index >= 15 is 0 Å². The summed E-state index contributed by atoms with van der Waals surface area (Å²) in [6, 6.07) is 0. The molecule has 1 amide bonds. The summed E-state index contributed by atoms with van der Waals surface area (Å²) >= 11 is 0. The molecule has 0 radical (unpaired) electrons. The van der Waals surface area contributed by atoms with Gasteiger partial charge < -0.3 is 10.6 Å². The zero-order chi connectivity index (χ0) is 11.3. The molecular formula is C13H22N2O. The predicted octanol–water partition coefficient (Wildman–Crippen LogP) is 1.23. The number of nitrogens with two attached hydrogens (primary N) is 1. The van der Waals surface area contributed by atoms with Crippen molar-refractivity contribution >= 4 is 5.91 Å². The Bertz CT molecular complexity index is 313. The highest BCUT2D eigenvalue weighted by Crippen LogP contribution is 2.55. The molecule has 2 aliphatic carbocycles. The fourth-order valence-corrected chi connectivity index (χ4v) is 3.16. The van der Waals surface area contributed by atoms with Crippen molar-refractivity contribution in [2.45, 2.75) is 32.6 Å². The van der Waals surface area contributed by atoms with Crippen LogP contribution < -0.4 is 5.73 Å². The van der Waals surface area contributed by atoms with Crippen LogP contribution in [0.1, 0.15) is 32.6 Å². The van der Waals surface area contributed by atoms with Crippen LogP contribution >= 0.6 is 0 Å². The van der Waals surface area contributed by atoms with Crippen LogP contribution in [0, 0.1) is 23.2 Å². The lowest BCUT2D eigenvalue weighted by Gasteiger charge is -2.22. The van der Waals surface area contributed by atoms with Crippen molar-refractivity contribution in [1.82, 2.24) is 4.90 Å². The smallest absolute Gasteiger partial charge is 0.226 e. The molecule has 2 saturated carbocycles. The van der Waals surface area contributed by atoms with Gasteiger partial charge in [-0.3, -0.25) is 4.79 Å². The van der Waals surface area contributed by atoms with E-state index < -0.39 is 0 Å². The van der Waals surface area contributed by atoms with Crippen molar-refractivity contribution in [1.29, 1.82) is 0 Å². The molecule has 1 aliphatic heterocycles. The fourth-order valence-electron chi connectivity index (χ4n) is 3.16. The summed E-state index contributed by atoms with van der Waals surface area (Å²) in [4.78, 5) is 14.3. The second kappa shape index (κ2) is 3.46. The Morgan fingerprint density at radius 1 is 1.50 bits per heavy atom. The topological polar surface area (TPSA) is 46.3 Å². The molecule has 1 saturated heterocycles. The average Bonchev–Trinajstić information content (AvgIpc) is 3.13. The highest BCUT2D eigenvalue weighted by atomic mass is 16.2. The van der Waals surface area contributed by atoms with Crippen molar-refractivity contribution in [2.24, 2.45) is 28.9 Å². The summed E-state index contributed by atoms with van der Waals surface area (Å²) < 4.78 is 0. The number of carbonyl (C=O) groups is 1. The van der Waals surface area contributed by atoms with Crippen molar-refractivity contribution in [3.63, 3.8) is 0 Å². The summed E-state index contributed by atoms with van der Waals surface area (Å²) in [6.45, 7) is 4.72. The molecule has 0 aromatic rings. The van der Waals surface area contributed by atoms with E-state index in [-0.39, 0.29) is 5.41 Å². The Morgan fingerprint density at radius 3 is 2.81 bits per heavy atom. The van der Waals surface area contributed by atoms with Crippen LogP contribution in [0.15, 0.2) is 0 Å². The summed E-state index contributed by atoms with van der Waals surface area (Å²) in [6.07, 6.45) is 4.99. The molecule has 2 N–H and O–H groups in total. The zero-order valence-electron chi connectivity index (χ0n) is 10.1. The number of likely N-dealkylation sites (tertiary alicyclic amines) is 1. The third-order valence-corrected chi connectivity index (χ3v) is 4.75. The van der Waals surface area contributed by atoms with Crippen LogP contribution in [0.2, 0.25) is 0 Å². The normalized spacial score (nSPS) is 42.5. The monoisotopic (exact) mass is 222 g/mol. The molecular weight excluding hydrogens is 200 g/mol. The third kappa shape index (κ3) is 1.75. The zero-order valence-corrected chi connectivity index (χ0v) is 10.1. The second-order valence-corrected chi connectivity index (χ2v) is 6.37. The van der Waals surface area contributed by atoms with Gasteiger partial charge in [-0.2, -0.15) is 0 Å². The molecule has 0 aromatic heterocycles. The Labute approximate surface area is 97.4 Å². The maximum Gasteiger partial charge on any atom is 0.226 e. The Morgan fingerprint density at radius 2 is 2.25 bits per heavy atom. The van der Waals surface area contributed by atoms with E-state index in [1.807, 2.05) is 0 Å². The molecule has 3 aliphatic rings. The van der Waals surface area contributed by atoms with E-state index in [4.69, 9.17) is 5.73 Å². The minimum Gasteiger partial charge on any atom is -0.342 e. The molecule has 90 valence electrons. The van der Waals surface area contributed by atoms with E-state index in [9.17, 15) is 4.79 Å². The number of carbonyl (C=O) groups excluding carboxylic acids is 1. The Hall–Kier alpha value is -0.570. The summed E-state index contributed by atoms with van der Waals surface area (Å²) in [5.74, 6) is 2.45. The van der Waals surface area contributed by atoms with Gasteiger partial charge >= 0.3 is 0 Å². The van der Waals surface area contributed by atoms with Crippen molar-refractivity contribution in [3.8, 4) is 0 Å². The summed E-state index contributed by atoms with van der Waals surface area (Å²) in [5, 5.41) is 0. The van der Waals surface area contributed by atoms with Crippen LogP contribution in [0.3, 0.4) is 0 Å². The van der Waals surface area contributed by atoms with Gasteiger partial charge in [0.1, 0.15) is 0 Å². The highest BCUT2D eigenvalue weighted by molar-refractivity contribution is 5.82. The molecule has 3 unspecified atom stereocenters. The van der Waals surface area contributed by atoms with E-state index in [0.29, 0.717) is 18.4 Å². The summed E-state index contributed by atoms with van der Waals surface area (Å²) in [5.41, 5.74) is 5.95. The SMILES string of the molecule is CC1(CN)CCN(C(=O)C2CC2C2CC2)C1. The first-order valence-corrected chi connectivity index (χ1v) is 6.62. The molecule has 0 aromatic carbocycles. The lowest BCUT2D eigenvalue weighted by Crippen LogP contribution is -2.35. The maximum atomic E-state index is 12.2. The molecule has 0 bridgehead atoms.